The van der Waals surface area contributed by atoms with E-state index in [1.807, 2.05) is 24.3 Å². The summed E-state index contributed by atoms with van der Waals surface area (Å²) in [6.45, 7) is 0.356. The number of nitrogens with zero attached hydrogens (tertiary/aromatic N) is 2. The summed E-state index contributed by atoms with van der Waals surface area (Å²) in [5.41, 5.74) is 4.75. The van der Waals surface area contributed by atoms with Gasteiger partial charge in [-0.05, 0) is 22.3 Å². The van der Waals surface area contributed by atoms with Gasteiger partial charge in [0.1, 0.15) is 16.6 Å². The summed E-state index contributed by atoms with van der Waals surface area (Å²) in [6.07, 6.45) is -0.493. The van der Waals surface area contributed by atoms with Gasteiger partial charge in [-0.25, -0.2) is 4.79 Å². The number of benzene rings is 2. The maximum absolute atomic E-state index is 12.0. The van der Waals surface area contributed by atoms with Crippen LogP contribution < -0.4 is 5.32 Å². The number of aromatic nitrogens is 2. The zero-order valence-corrected chi connectivity index (χ0v) is 14.7. The number of carbonyl (C=O) groups is 1. The van der Waals surface area contributed by atoms with Crippen LogP contribution in [0.4, 0.5) is 4.79 Å². The van der Waals surface area contributed by atoms with E-state index < -0.39 is 6.09 Å². The van der Waals surface area contributed by atoms with E-state index in [9.17, 15) is 4.79 Å². The fourth-order valence-corrected chi connectivity index (χ4v) is 3.87. The van der Waals surface area contributed by atoms with Crippen LogP contribution in [0.2, 0.25) is 0 Å². The number of ether oxygens (including phenoxy) is 1. The third-order valence-electron chi connectivity index (χ3n) is 4.37. The van der Waals surface area contributed by atoms with Gasteiger partial charge < -0.3 is 15.2 Å². The van der Waals surface area contributed by atoms with Crippen molar-refractivity contribution in [3.05, 3.63) is 69.7 Å². The minimum atomic E-state index is -0.493. The van der Waals surface area contributed by atoms with Gasteiger partial charge in [-0.2, -0.15) is 0 Å². The van der Waals surface area contributed by atoms with Crippen molar-refractivity contribution in [2.45, 2.75) is 19.1 Å². The highest BCUT2D eigenvalue weighted by molar-refractivity contribution is 7.11. The summed E-state index contributed by atoms with van der Waals surface area (Å²) >= 11 is 1.26. The van der Waals surface area contributed by atoms with Crippen molar-refractivity contribution in [3.8, 4) is 11.1 Å². The Morgan fingerprint density at radius 1 is 1.04 bits per heavy atom. The molecule has 0 fully saturated rings. The van der Waals surface area contributed by atoms with Crippen LogP contribution in [0.3, 0.4) is 0 Å². The van der Waals surface area contributed by atoms with Crippen LogP contribution in [0.1, 0.15) is 27.1 Å². The van der Waals surface area contributed by atoms with Gasteiger partial charge in [0.15, 0.2) is 0 Å². The SMILES string of the molecule is O=C(NCc1nnc(CO)s1)OCC1c2ccccc2-c2ccccc21. The average molecular weight is 367 g/mol. The number of aliphatic hydroxyl groups is 1. The Morgan fingerprint density at radius 2 is 1.65 bits per heavy atom. The highest BCUT2D eigenvalue weighted by Crippen LogP contribution is 2.44. The molecular weight excluding hydrogens is 350 g/mol. The second-order valence-electron chi connectivity index (χ2n) is 5.93. The van der Waals surface area contributed by atoms with Gasteiger partial charge in [-0.15, -0.1) is 10.2 Å². The molecule has 0 saturated heterocycles. The standard InChI is InChI=1S/C19H17N3O3S/c23-10-18-22-21-17(26-18)9-20-19(24)25-11-16-14-7-3-1-5-12(14)13-6-2-4-8-15(13)16/h1-8,16,23H,9-11H2,(H,20,24). The quantitative estimate of drug-likeness (QED) is 0.724. The van der Waals surface area contributed by atoms with Crippen molar-refractivity contribution in [2.75, 3.05) is 6.61 Å². The van der Waals surface area contributed by atoms with Crippen LogP contribution >= 0.6 is 11.3 Å². The van der Waals surface area contributed by atoms with Gasteiger partial charge >= 0.3 is 6.09 Å². The molecule has 0 aliphatic heterocycles. The number of aliphatic hydroxyl groups excluding tert-OH is 1. The maximum Gasteiger partial charge on any atom is 0.407 e. The minimum Gasteiger partial charge on any atom is -0.449 e. The summed E-state index contributed by atoms with van der Waals surface area (Å²) in [5, 5.41) is 20.5. The van der Waals surface area contributed by atoms with Crippen LogP contribution in [-0.4, -0.2) is 28.0 Å². The largest absolute Gasteiger partial charge is 0.449 e. The average Bonchev–Trinajstić information content (AvgIpc) is 3.27. The van der Waals surface area contributed by atoms with Crippen molar-refractivity contribution in [2.24, 2.45) is 0 Å². The lowest BCUT2D eigenvalue weighted by atomic mass is 9.98. The van der Waals surface area contributed by atoms with Gasteiger partial charge in [0.05, 0.1) is 13.2 Å². The first-order chi connectivity index (χ1) is 12.8. The molecule has 1 aromatic heterocycles. The normalized spacial score (nSPS) is 12.5. The second-order valence-corrected chi connectivity index (χ2v) is 7.07. The zero-order chi connectivity index (χ0) is 17.9. The van der Waals surface area contributed by atoms with Crippen molar-refractivity contribution in [1.82, 2.24) is 15.5 Å². The smallest absolute Gasteiger partial charge is 0.407 e. The molecule has 0 saturated carbocycles. The molecule has 132 valence electrons. The molecular formula is C19H17N3O3S. The first-order valence-electron chi connectivity index (χ1n) is 8.27. The van der Waals surface area contributed by atoms with E-state index in [2.05, 4.69) is 39.8 Å². The maximum atomic E-state index is 12.0. The topological polar surface area (TPSA) is 84.3 Å². The Balaban J connectivity index is 1.40. The highest BCUT2D eigenvalue weighted by atomic mass is 32.1. The third kappa shape index (κ3) is 3.18. The lowest BCUT2D eigenvalue weighted by molar-refractivity contribution is 0.142. The van der Waals surface area contributed by atoms with Crippen molar-refractivity contribution in [1.29, 1.82) is 0 Å². The number of rotatable bonds is 5. The fourth-order valence-electron chi connectivity index (χ4n) is 3.22. The Hall–Kier alpha value is -2.77. The molecule has 2 N–H and O–H groups in total. The molecule has 2 aromatic carbocycles. The third-order valence-corrected chi connectivity index (χ3v) is 5.28. The van der Waals surface area contributed by atoms with Gasteiger partial charge in [-0.3, -0.25) is 0 Å². The van der Waals surface area contributed by atoms with Crippen molar-refractivity contribution < 1.29 is 14.6 Å². The summed E-state index contributed by atoms with van der Waals surface area (Å²) in [5.74, 6) is 0.0377. The van der Waals surface area contributed by atoms with E-state index in [1.54, 1.807) is 0 Å². The van der Waals surface area contributed by atoms with Gasteiger partial charge in [0, 0.05) is 5.92 Å². The number of nitrogens with one attached hydrogen (secondary N) is 1. The first-order valence-corrected chi connectivity index (χ1v) is 9.09. The predicted molar refractivity (Wildman–Crippen MR) is 97.7 cm³/mol. The summed E-state index contributed by atoms with van der Waals surface area (Å²) in [6, 6.07) is 16.4. The van der Waals surface area contributed by atoms with Crippen LogP contribution in [0, 0.1) is 0 Å². The molecule has 1 heterocycles. The van der Waals surface area contributed by atoms with Crippen LogP contribution in [-0.2, 0) is 17.9 Å². The number of hydrogen-bond acceptors (Lipinski definition) is 6. The summed E-state index contributed by atoms with van der Waals surface area (Å²) < 4.78 is 5.45. The van der Waals surface area contributed by atoms with E-state index in [-0.39, 0.29) is 25.7 Å². The van der Waals surface area contributed by atoms with Gasteiger partial charge in [-0.1, -0.05) is 59.9 Å². The van der Waals surface area contributed by atoms with Crippen molar-refractivity contribution in [3.63, 3.8) is 0 Å². The van der Waals surface area contributed by atoms with Crippen LogP contribution in [0.5, 0.6) is 0 Å². The molecule has 1 aliphatic carbocycles. The fraction of sp³-hybridized carbons (Fsp3) is 0.211. The molecule has 1 aliphatic rings. The van der Waals surface area contributed by atoms with Crippen molar-refractivity contribution >= 4 is 17.4 Å². The monoisotopic (exact) mass is 367 g/mol. The van der Waals surface area contributed by atoms with E-state index in [0.717, 1.165) is 0 Å². The molecule has 6 nitrogen and oxygen atoms in total. The molecule has 0 bridgehead atoms. The number of amides is 1. The molecule has 1 amide bonds. The Morgan fingerprint density at radius 3 is 2.27 bits per heavy atom. The van der Waals surface area contributed by atoms with E-state index in [1.165, 1.54) is 33.6 Å². The highest BCUT2D eigenvalue weighted by Gasteiger charge is 2.28. The lowest BCUT2D eigenvalue weighted by Gasteiger charge is -2.14. The number of alkyl carbamates (subject to hydrolysis) is 1. The Bertz CT molecular complexity index is 896. The molecule has 3 aromatic rings. The summed E-state index contributed by atoms with van der Waals surface area (Å²) in [4.78, 5) is 12.0. The zero-order valence-electron chi connectivity index (χ0n) is 13.9. The molecule has 4 rings (SSSR count). The first kappa shape index (κ1) is 16.7. The van der Waals surface area contributed by atoms with E-state index in [0.29, 0.717) is 10.0 Å². The van der Waals surface area contributed by atoms with Crippen LogP contribution in [0.25, 0.3) is 11.1 Å². The van der Waals surface area contributed by atoms with E-state index >= 15 is 0 Å². The summed E-state index contributed by atoms with van der Waals surface area (Å²) in [7, 11) is 0. The number of hydrogen-bond donors (Lipinski definition) is 2. The molecule has 7 heteroatoms. The van der Waals surface area contributed by atoms with Crippen LogP contribution in [0.15, 0.2) is 48.5 Å². The molecule has 26 heavy (non-hydrogen) atoms. The minimum absolute atomic E-state index is 0.0377. The Kier molecular flexibility index (Phi) is 4.64. The number of fused-ring (bicyclic) bond motifs is 3. The Labute approximate surface area is 154 Å². The number of carbonyl (C=O) groups excluding carboxylic acids is 1. The lowest BCUT2D eigenvalue weighted by Crippen LogP contribution is -2.25. The molecule has 0 unspecified atom stereocenters. The molecule has 0 spiro atoms. The van der Waals surface area contributed by atoms with Gasteiger partial charge in [0.25, 0.3) is 0 Å². The predicted octanol–water partition coefficient (Wildman–Crippen LogP) is 3.07. The second kappa shape index (κ2) is 7.23. The molecule has 0 radical (unpaired) electrons. The molecule has 0 atom stereocenters. The van der Waals surface area contributed by atoms with E-state index in [4.69, 9.17) is 9.84 Å². The van der Waals surface area contributed by atoms with Gasteiger partial charge in [0.2, 0.25) is 0 Å².